The van der Waals surface area contributed by atoms with E-state index >= 15 is 0 Å². The van der Waals surface area contributed by atoms with Gasteiger partial charge < -0.3 is 10.0 Å². The minimum Gasteiger partial charge on any atom is -0.387 e. The first-order chi connectivity index (χ1) is 8.93. The number of nitrogens with zero attached hydrogens (tertiary/aromatic N) is 1. The van der Waals surface area contributed by atoms with Crippen LogP contribution in [0.3, 0.4) is 0 Å². The van der Waals surface area contributed by atoms with Gasteiger partial charge in [0.25, 0.3) is 0 Å². The van der Waals surface area contributed by atoms with E-state index < -0.39 is 0 Å². The van der Waals surface area contributed by atoms with Gasteiger partial charge in [0.1, 0.15) is 0 Å². The van der Waals surface area contributed by atoms with E-state index in [1.165, 1.54) is 5.56 Å². The highest BCUT2D eigenvalue weighted by atomic mass is 16.3. The summed E-state index contributed by atoms with van der Waals surface area (Å²) in [6, 6.07) is 8.37. The van der Waals surface area contributed by atoms with Gasteiger partial charge in [-0.3, -0.25) is 0 Å². The fourth-order valence-electron chi connectivity index (χ4n) is 2.30. The van der Waals surface area contributed by atoms with Gasteiger partial charge >= 0.3 is 0 Å². The van der Waals surface area contributed by atoms with Crippen LogP contribution in [0, 0.1) is 5.92 Å². The van der Waals surface area contributed by atoms with Crippen molar-refractivity contribution in [2.24, 2.45) is 5.92 Å². The summed E-state index contributed by atoms with van der Waals surface area (Å²) in [5.41, 5.74) is 2.34. The van der Waals surface area contributed by atoms with Crippen LogP contribution in [-0.4, -0.2) is 29.6 Å². The summed E-state index contributed by atoms with van der Waals surface area (Å²) in [4.78, 5) is 2.31. The second-order valence-electron chi connectivity index (χ2n) is 6.08. The number of hydrogen-bond donors (Lipinski definition) is 1. The summed E-state index contributed by atoms with van der Waals surface area (Å²) in [7, 11) is 0. The highest BCUT2D eigenvalue weighted by Gasteiger charge is 2.13. The molecule has 108 valence electrons. The van der Waals surface area contributed by atoms with Crippen molar-refractivity contribution in [3.8, 4) is 0 Å². The van der Waals surface area contributed by atoms with Crippen molar-refractivity contribution >= 4 is 0 Å². The maximum atomic E-state index is 10.3. The highest BCUT2D eigenvalue weighted by Crippen LogP contribution is 2.19. The Bertz CT molecular complexity index is 356. The van der Waals surface area contributed by atoms with Crippen molar-refractivity contribution in [1.29, 1.82) is 0 Å². The van der Waals surface area contributed by atoms with Crippen LogP contribution < -0.4 is 0 Å². The van der Waals surface area contributed by atoms with E-state index in [4.69, 9.17) is 0 Å². The van der Waals surface area contributed by atoms with E-state index in [1.807, 2.05) is 0 Å². The third kappa shape index (κ3) is 5.33. The van der Waals surface area contributed by atoms with Gasteiger partial charge in [-0.05, 0) is 29.5 Å². The summed E-state index contributed by atoms with van der Waals surface area (Å²) >= 11 is 0. The van der Waals surface area contributed by atoms with Gasteiger partial charge in [0, 0.05) is 13.1 Å². The van der Waals surface area contributed by atoms with Gasteiger partial charge in [-0.1, -0.05) is 58.9 Å². The van der Waals surface area contributed by atoms with Gasteiger partial charge in [0.05, 0.1) is 6.10 Å². The molecule has 1 atom stereocenters. The summed E-state index contributed by atoms with van der Waals surface area (Å²) in [6.45, 7) is 13.7. The SMILES string of the molecule is CCN(CC(C)C)CC(O)c1ccc(C(C)C)cc1. The van der Waals surface area contributed by atoms with E-state index in [0.29, 0.717) is 11.8 Å². The lowest BCUT2D eigenvalue weighted by Gasteiger charge is -2.25. The largest absolute Gasteiger partial charge is 0.387 e. The van der Waals surface area contributed by atoms with Crippen LogP contribution in [0.4, 0.5) is 0 Å². The summed E-state index contributed by atoms with van der Waals surface area (Å²) in [5, 5.41) is 10.3. The van der Waals surface area contributed by atoms with Crippen molar-refractivity contribution in [1.82, 2.24) is 4.90 Å². The first-order valence-corrected chi connectivity index (χ1v) is 7.44. The van der Waals surface area contributed by atoms with Gasteiger partial charge in [-0.25, -0.2) is 0 Å². The topological polar surface area (TPSA) is 23.5 Å². The van der Waals surface area contributed by atoms with E-state index in [0.717, 1.165) is 25.2 Å². The number of rotatable bonds is 7. The molecule has 0 aliphatic carbocycles. The average Bonchev–Trinajstić information content (AvgIpc) is 2.37. The van der Waals surface area contributed by atoms with Gasteiger partial charge in [0.2, 0.25) is 0 Å². The standard InChI is InChI=1S/C17H29NO/c1-6-18(11-13(2)3)12-17(19)16-9-7-15(8-10-16)14(4)5/h7-10,13-14,17,19H,6,11-12H2,1-5H3. The Kier molecular flexibility index (Phi) is 6.53. The molecule has 1 unspecified atom stereocenters. The number of aliphatic hydroxyl groups is 1. The lowest BCUT2D eigenvalue weighted by molar-refractivity contribution is 0.109. The summed E-state index contributed by atoms with van der Waals surface area (Å²) < 4.78 is 0. The van der Waals surface area contributed by atoms with Crippen LogP contribution in [0.5, 0.6) is 0 Å². The zero-order chi connectivity index (χ0) is 14.4. The molecule has 0 fully saturated rings. The molecule has 1 aromatic carbocycles. The Morgan fingerprint density at radius 1 is 0.947 bits per heavy atom. The average molecular weight is 263 g/mol. The van der Waals surface area contributed by atoms with Gasteiger partial charge in [-0.15, -0.1) is 0 Å². The fourth-order valence-corrected chi connectivity index (χ4v) is 2.30. The molecule has 0 heterocycles. The molecule has 0 aromatic heterocycles. The summed E-state index contributed by atoms with van der Waals surface area (Å²) in [5.74, 6) is 1.18. The predicted molar refractivity (Wildman–Crippen MR) is 82.4 cm³/mol. The predicted octanol–water partition coefficient (Wildman–Crippen LogP) is 3.82. The number of aliphatic hydroxyl groups excluding tert-OH is 1. The molecule has 1 rings (SSSR count). The van der Waals surface area contributed by atoms with Crippen LogP contribution in [0.15, 0.2) is 24.3 Å². The van der Waals surface area contributed by atoms with Crippen LogP contribution in [0.2, 0.25) is 0 Å². The molecule has 2 nitrogen and oxygen atoms in total. The highest BCUT2D eigenvalue weighted by molar-refractivity contribution is 5.26. The maximum Gasteiger partial charge on any atom is 0.0916 e. The molecule has 2 heteroatoms. The second-order valence-corrected chi connectivity index (χ2v) is 6.08. The number of likely N-dealkylation sites (N-methyl/N-ethyl adjacent to an activating group) is 1. The molecule has 0 bridgehead atoms. The van der Waals surface area contributed by atoms with Gasteiger partial charge in [-0.2, -0.15) is 0 Å². The molecule has 0 radical (unpaired) electrons. The Balaban J connectivity index is 2.63. The number of hydrogen-bond acceptors (Lipinski definition) is 2. The molecule has 19 heavy (non-hydrogen) atoms. The molecule has 0 saturated heterocycles. The van der Waals surface area contributed by atoms with Crippen molar-refractivity contribution < 1.29 is 5.11 Å². The monoisotopic (exact) mass is 263 g/mol. The maximum absolute atomic E-state index is 10.3. The van der Waals surface area contributed by atoms with E-state index in [9.17, 15) is 5.11 Å². The van der Waals surface area contributed by atoms with Crippen LogP contribution in [0.1, 0.15) is 57.8 Å². The zero-order valence-corrected chi connectivity index (χ0v) is 13.1. The molecule has 0 aliphatic heterocycles. The van der Waals surface area contributed by atoms with Gasteiger partial charge in [0.15, 0.2) is 0 Å². The lowest BCUT2D eigenvalue weighted by Crippen LogP contribution is -2.31. The minimum atomic E-state index is -0.389. The summed E-state index contributed by atoms with van der Waals surface area (Å²) in [6.07, 6.45) is -0.389. The zero-order valence-electron chi connectivity index (χ0n) is 13.1. The van der Waals surface area contributed by atoms with E-state index in [2.05, 4.69) is 63.8 Å². The molecule has 0 aliphatic rings. The van der Waals surface area contributed by atoms with Crippen molar-refractivity contribution in [3.63, 3.8) is 0 Å². The quantitative estimate of drug-likeness (QED) is 0.808. The Labute approximate surface area is 118 Å². The van der Waals surface area contributed by atoms with Crippen molar-refractivity contribution in [3.05, 3.63) is 35.4 Å². The molecule has 1 N–H and O–H groups in total. The fraction of sp³-hybridized carbons (Fsp3) is 0.647. The molecule has 0 spiro atoms. The van der Waals surface area contributed by atoms with E-state index in [-0.39, 0.29) is 6.10 Å². The third-order valence-electron chi connectivity index (χ3n) is 3.49. The smallest absolute Gasteiger partial charge is 0.0916 e. The molecular formula is C17H29NO. The van der Waals surface area contributed by atoms with E-state index in [1.54, 1.807) is 0 Å². The third-order valence-corrected chi connectivity index (χ3v) is 3.49. The first-order valence-electron chi connectivity index (χ1n) is 7.44. The number of benzene rings is 1. The lowest BCUT2D eigenvalue weighted by atomic mass is 10.00. The Hall–Kier alpha value is -0.860. The van der Waals surface area contributed by atoms with Crippen molar-refractivity contribution in [2.45, 2.75) is 46.6 Å². The van der Waals surface area contributed by atoms with Crippen LogP contribution in [-0.2, 0) is 0 Å². The van der Waals surface area contributed by atoms with Crippen LogP contribution >= 0.6 is 0 Å². The molecule has 1 aromatic rings. The minimum absolute atomic E-state index is 0.389. The molecular weight excluding hydrogens is 234 g/mol. The molecule has 0 amide bonds. The normalized spacial score (nSPS) is 13.5. The molecule has 0 saturated carbocycles. The Morgan fingerprint density at radius 3 is 1.89 bits per heavy atom. The Morgan fingerprint density at radius 2 is 1.47 bits per heavy atom. The second kappa shape index (κ2) is 7.66. The van der Waals surface area contributed by atoms with Crippen molar-refractivity contribution in [2.75, 3.05) is 19.6 Å². The van der Waals surface area contributed by atoms with Crippen LogP contribution in [0.25, 0.3) is 0 Å². The first kappa shape index (κ1) is 16.2.